The van der Waals surface area contributed by atoms with Crippen LogP contribution in [0.4, 0.5) is 5.95 Å². The average Bonchev–Trinajstić information content (AvgIpc) is 3.19. The molecule has 1 N–H and O–H groups in total. The number of aromatic nitrogens is 5. The highest BCUT2D eigenvalue weighted by atomic mass is 16.2. The molecular formula is C16H18N6O. The van der Waals surface area contributed by atoms with Crippen LogP contribution in [0.3, 0.4) is 0 Å². The van der Waals surface area contributed by atoms with E-state index in [2.05, 4.69) is 33.5 Å². The Kier molecular flexibility index (Phi) is 4.18. The van der Waals surface area contributed by atoms with Crippen LogP contribution in [0.25, 0.3) is 0 Å². The summed E-state index contributed by atoms with van der Waals surface area (Å²) in [6.45, 7) is 5.35. The monoisotopic (exact) mass is 310 g/mol. The molecule has 1 aromatic carbocycles. The lowest BCUT2D eigenvalue weighted by atomic mass is 10.1. The van der Waals surface area contributed by atoms with Gasteiger partial charge in [-0.15, -0.1) is 5.10 Å². The fourth-order valence-electron chi connectivity index (χ4n) is 2.21. The lowest BCUT2D eigenvalue weighted by Crippen LogP contribution is -2.14. The van der Waals surface area contributed by atoms with Crippen LogP contribution in [0.2, 0.25) is 0 Å². The smallest absolute Gasteiger partial charge is 0.278 e. The molecule has 0 atom stereocenters. The molecule has 118 valence electrons. The third kappa shape index (κ3) is 3.45. The Labute approximate surface area is 134 Å². The number of carbonyl (C=O) groups is 1. The highest BCUT2D eigenvalue weighted by molar-refractivity contribution is 6.01. The molecule has 0 aliphatic carbocycles. The molecule has 0 saturated heterocycles. The number of nitrogens with one attached hydrogen (secondary N) is 1. The average molecular weight is 310 g/mol. The van der Waals surface area contributed by atoms with Crippen molar-refractivity contribution in [2.24, 2.45) is 0 Å². The molecule has 2 aromatic heterocycles. The van der Waals surface area contributed by atoms with Crippen LogP contribution < -0.4 is 5.32 Å². The van der Waals surface area contributed by atoms with Crippen LogP contribution in [0.1, 0.15) is 28.5 Å². The quantitative estimate of drug-likeness (QED) is 0.783. The molecule has 0 fully saturated rings. The van der Waals surface area contributed by atoms with Crippen molar-refractivity contribution in [2.45, 2.75) is 26.9 Å². The summed E-state index contributed by atoms with van der Waals surface area (Å²) in [7, 11) is 0. The molecular weight excluding hydrogens is 292 g/mol. The highest BCUT2D eigenvalue weighted by Crippen LogP contribution is 2.09. The minimum Gasteiger partial charge on any atom is -0.288 e. The maximum atomic E-state index is 12.1. The molecule has 7 nitrogen and oxygen atoms in total. The Bertz CT molecular complexity index is 819. The first-order valence-corrected chi connectivity index (χ1v) is 7.44. The number of aryl methyl sites for hydroxylation is 2. The van der Waals surface area contributed by atoms with Crippen LogP contribution in [0.15, 0.2) is 42.9 Å². The predicted octanol–water partition coefficient (Wildman–Crippen LogP) is 2.10. The van der Waals surface area contributed by atoms with Gasteiger partial charge in [-0.3, -0.25) is 14.8 Å². The molecule has 1 amide bonds. The molecule has 3 aromatic rings. The fraction of sp³-hybridized carbons (Fsp3) is 0.250. The van der Waals surface area contributed by atoms with Gasteiger partial charge in [-0.25, -0.2) is 9.67 Å². The Morgan fingerprint density at radius 3 is 2.74 bits per heavy atom. The molecule has 23 heavy (non-hydrogen) atoms. The van der Waals surface area contributed by atoms with Crippen LogP contribution in [-0.2, 0) is 13.1 Å². The number of rotatable bonds is 5. The van der Waals surface area contributed by atoms with Crippen molar-refractivity contribution in [3.63, 3.8) is 0 Å². The van der Waals surface area contributed by atoms with E-state index >= 15 is 0 Å². The van der Waals surface area contributed by atoms with E-state index in [4.69, 9.17) is 0 Å². The van der Waals surface area contributed by atoms with Gasteiger partial charge in [-0.2, -0.15) is 5.10 Å². The number of benzene rings is 1. The summed E-state index contributed by atoms with van der Waals surface area (Å²) in [4.78, 5) is 16.2. The minimum atomic E-state index is -0.314. The van der Waals surface area contributed by atoms with Crippen LogP contribution in [0.5, 0.6) is 0 Å². The molecule has 3 rings (SSSR count). The van der Waals surface area contributed by atoms with Gasteiger partial charge >= 0.3 is 0 Å². The third-order valence-corrected chi connectivity index (χ3v) is 3.55. The van der Waals surface area contributed by atoms with Crippen molar-refractivity contribution in [1.82, 2.24) is 24.5 Å². The van der Waals surface area contributed by atoms with Crippen LogP contribution in [-0.4, -0.2) is 30.5 Å². The first-order valence-electron chi connectivity index (χ1n) is 7.44. The Morgan fingerprint density at radius 1 is 1.17 bits per heavy atom. The van der Waals surface area contributed by atoms with E-state index in [1.54, 1.807) is 28.0 Å². The fourth-order valence-corrected chi connectivity index (χ4v) is 2.21. The molecule has 0 saturated carbocycles. The third-order valence-electron chi connectivity index (χ3n) is 3.55. The van der Waals surface area contributed by atoms with Crippen LogP contribution in [0, 0.1) is 6.92 Å². The molecule has 0 radical (unpaired) electrons. The van der Waals surface area contributed by atoms with Crippen molar-refractivity contribution in [1.29, 1.82) is 0 Å². The molecule has 0 bridgehead atoms. The summed E-state index contributed by atoms with van der Waals surface area (Å²) in [5, 5.41) is 11.1. The van der Waals surface area contributed by atoms with Crippen LogP contribution >= 0.6 is 0 Å². The largest absolute Gasteiger partial charge is 0.288 e. The summed E-state index contributed by atoms with van der Waals surface area (Å²) < 4.78 is 3.39. The van der Waals surface area contributed by atoms with E-state index in [-0.39, 0.29) is 11.9 Å². The van der Waals surface area contributed by atoms with Crippen molar-refractivity contribution >= 4 is 11.9 Å². The highest BCUT2D eigenvalue weighted by Gasteiger charge is 2.12. The second-order valence-corrected chi connectivity index (χ2v) is 5.20. The Hall–Kier alpha value is -2.96. The molecule has 0 spiro atoms. The normalized spacial score (nSPS) is 10.7. The van der Waals surface area contributed by atoms with Gasteiger partial charge in [-0.1, -0.05) is 24.3 Å². The summed E-state index contributed by atoms with van der Waals surface area (Å²) in [6, 6.07) is 9.77. The summed E-state index contributed by atoms with van der Waals surface area (Å²) in [5.74, 6) is -0.0412. The van der Waals surface area contributed by atoms with E-state index in [9.17, 15) is 4.79 Å². The SMILES string of the molecule is CCn1ccc(C(=O)Nc2ncn(Cc3ccccc3C)n2)n1. The van der Waals surface area contributed by atoms with E-state index in [1.807, 2.05) is 25.1 Å². The minimum absolute atomic E-state index is 0.273. The molecule has 0 aliphatic rings. The first kappa shape index (κ1) is 15.0. The molecule has 7 heteroatoms. The van der Waals surface area contributed by atoms with Gasteiger partial charge in [0.15, 0.2) is 5.69 Å². The number of hydrogen-bond acceptors (Lipinski definition) is 4. The molecule has 2 heterocycles. The van der Waals surface area contributed by atoms with Gasteiger partial charge in [0.2, 0.25) is 5.95 Å². The standard InChI is InChI=1S/C16H18N6O/c1-3-21-9-8-14(19-21)15(23)18-16-17-11-22(20-16)10-13-7-5-4-6-12(13)2/h4-9,11H,3,10H2,1-2H3,(H,18,20,23). The number of nitrogens with zero attached hydrogens (tertiary/aromatic N) is 5. The van der Waals surface area contributed by atoms with Gasteiger partial charge < -0.3 is 0 Å². The zero-order chi connectivity index (χ0) is 16.2. The van der Waals surface area contributed by atoms with Gasteiger partial charge in [0.1, 0.15) is 6.33 Å². The number of hydrogen-bond donors (Lipinski definition) is 1. The second kappa shape index (κ2) is 6.43. The van der Waals surface area contributed by atoms with E-state index < -0.39 is 0 Å². The van der Waals surface area contributed by atoms with Gasteiger partial charge in [0, 0.05) is 12.7 Å². The summed E-state index contributed by atoms with van der Waals surface area (Å²) >= 11 is 0. The van der Waals surface area contributed by atoms with Gasteiger partial charge in [0.05, 0.1) is 6.54 Å². The zero-order valence-electron chi connectivity index (χ0n) is 13.1. The van der Waals surface area contributed by atoms with Crippen molar-refractivity contribution < 1.29 is 4.79 Å². The van der Waals surface area contributed by atoms with Crippen molar-refractivity contribution in [2.75, 3.05) is 5.32 Å². The summed E-state index contributed by atoms with van der Waals surface area (Å²) in [6.07, 6.45) is 3.37. The molecule has 0 aliphatic heterocycles. The molecule has 0 unspecified atom stereocenters. The maximum Gasteiger partial charge on any atom is 0.278 e. The van der Waals surface area contributed by atoms with Gasteiger partial charge in [0.25, 0.3) is 5.91 Å². The topological polar surface area (TPSA) is 77.6 Å². The van der Waals surface area contributed by atoms with E-state index in [1.165, 1.54) is 5.56 Å². The Morgan fingerprint density at radius 2 is 2.00 bits per heavy atom. The Balaban J connectivity index is 1.67. The van der Waals surface area contributed by atoms with E-state index in [0.717, 1.165) is 12.1 Å². The van der Waals surface area contributed by atoms with E-state index in [0.29, 0.717) is 12.2 Å². The van der Waals surface area contributed by atoms with Crippen molar-refractivity contribution in [3.8, 4) is 0 Å². The first-order chi connectivity index (χ1) is 11.2. The van der Waals surface area contributed by atoms with Crippen molar-refractivity contribution in [3.05, 3.63) is 59.7 Å². The maximum absolute atomic E-state index is 12.1. The number of anilines is 1. The van der Waals surface area contributed by atoms with Gasteiger partial charge in [-0.05, 0) is 31.0 Å². The number of carbonyl (C=O) groups excluding carboxylic acids is 1. The summed E-state index contributed by atoms with van der Waals surface area (Å²) in [5.41, 5.74) is 2.71. The lowest BCUT2D eigenvalue weighted by molar-refractivity contribution is 0.102. The second-order valence-electron chi connectivity index (χ2n) is 5.20. The number of amides is 1. The predicted molar refractivity (Wildman–Crippen MR) is 86.2 cm³/mol. The zero-order valence-corrected chi connectivity index (χ0v) is 13.1. The lowest BCUT2D eigenvalue weighted by Gasteiger charge is -2.04.